The van der Waals surface area contributed by atoms with Crippen molar-refractivity contribution in [2.45, 2.75) is 45.3 Å². The van der Waals surface area contributed by atoms with Crippen LogP contribution in [-0.2, 0) is 17.9 Å². The fourth-order valence-corrected chi connectivity index (χ4v) is 4.46. The molecular weight excluding hydrogens is 421 g/mol. The van der Waals surface area contributed by atoms with Gasteiger partial charge in [-0.3, -0.25) is 9.69 Å². The highest BCUT2D eigenvalue weighted by molar-refractivity contribution is 5.73. The molecule has 2 heterocycles. The predicted molar refractivity (Wildman–Crippen MR) is 113 cm³/mol. The Labute approximate surface area is 185 Å². The molecule has 2 aromatic rings. The largest absolute Gasteiger partial charge is 0.573 e. The molecular formula is C24H27F3N2O3. The number of piperidine rings is 1. The van der Waals surface area contributed by atoms with Crippen molar-refractivity contribution in [1.29, 1.82) is 0 Å². The van der Waals surface area contributed by atoms with Gasteiger partial charge in [0.15, 0.2) is 0 Å². The molecule has 1 fully saturated rings. The third-order valence-corrected chi connectivity index (χ3v) is 6.18. The number of para-hydroxylation sites is 1. The van der Waals surface area contributed by atoms with Gasteiger partial charge in [0, 0.05) is 31.5 Å². The molecule has 0 radical (unpaired) electrons. The first-order valence-electron chi connectivity index (χ1n) is 10.8. The van der Waals surface area contributed by atoms with Crippen LogP contribution in [0.4, 0.5) is 13.2 Å². The summed E-state index contributed by atoms with van der Waals surface area (Å²) in [6, 6.07) is 13.9. The first kappa shape index (κ1) is 22.5. The number of nitrogens with zero attached hydrogens (tertiary/aromatic N) is 2. The molecule has 2 aliphatic heterocycles. The van der Waals surface area contributed by atoms with Crippen molar-refractivity contribution in [3.8, 4) is 11.5 Å². The molecule has 2 aliphatic rings. The van der Waals surface area contributed by atoms with E-state index in [9.17, 15) is 18.0 Å². The fourth-order valence-electron chi connectivity index (χ4n) is 4.46. The van der Waals surface area contributed by atoms with E-state index >= 15 is 0 Å². The van der Waals surface area contributed by atoms with Crippen LogP contribution < -0.4 is 9.47 Å². The smallest absolute Gasteiger partial charge is 0.488 e. The minimum Gasteiger partial charge on any atom is -0.488 e. The normalized spacial score (nSPS) is 20.2. The van der Waals surface area contributed by atoms with Gasteiger partial charge in [0.05, 0.1) is 6.54 Å². The summed E-state index contributed by atoms with van der Waals surface area (Å²) in [5.74, 6) is 1.03. The van der Waals surface area contributed by atoms with Crippen molar-refractivity contribution in [1.82, 2.24) is 9.80 Å². The van der Waals surface area contributed by atoms with E-state index in [1.165, 1.54) is 12.1 Å². The van der Waals surface area contributed by atoms with Gasteiger partial charge in [-0.15, -0.1) is 13.2 Å². The Balaban J connectivity index is 1.34. The quantitative estimate of drug-likeness (QED) is 0.685. The second-order valence-corrected chi connectivity index (χ2v) is 8.47. The summed E-state index contributed by atoms with van der Waals surface area (Å²) in [6.45, 7) is 5.15. The number of halogens is 3. The number of likely N-dealkylation sites (tertiary alicyclic amines) is 1. The summed E-state index contributed by atoms with van der Waals surface area (Å²) in [7, 11) is 0. The number of carbonyl (C=O) groups excluding carboxylic acids is 1. The number of benzene rings is 2. The summed E-state index contributed by atoms with van der Waals surface area (Å²) >= 11 is 0. The van der Waals surface area contributed by atoms with Gasteiger partial charge in [0.25, 0.3) is 0 Å². The first-order chi connectivity index (χ1) is 15.3. The van der Waals surface area contributed by atoms with Crippen molar-refractivity contribution in [3.05, 3.63) is 59.7 Å². The molecule has 1 amide bonds. The van der Waals surface area contributed by atoms with Gasteiger partial charge in [0.2, 0.25) is 5.91 Å². The Hall–Kier alpha value is -2.74. The Kier molecular flexibility index (Phi) is 6.60. The maximum Gasteiger partial charge on any atom is 0.573 e. The number of hydrogen-bond acceptors (Lipinski definition) is 4. The van der Waals surface area contributed by atoms with Crippen molar-refractivity contribution < 1.29 is 27.4 Å². The molecule has 2 aromatic carbocycles. The molecule has 0 aromatic heterocycles. The van der Waals surface area contributed by atoms with Crippen LogP contribution in [0.1, 0.15) is 30.9 Å². The summed E-state index contributed by atoms with van der Waals surface area (Å²) < 4.78 is 47.3. The van der Waals surface area contributed by atoms with Crippen LogP contribution in [-0.4, -0.2) is 47.8 Å². The molecule has 0 bridgehead atoms. The van der Waals surface area contributed by atoms with E-state index in [1.54, 1.807) is 19.1 Å². The topological polar surface area (TPSA) is 42.0 Å². The van der Waals surface area contributed by atoms with E-state index in [-0.39, 0.29) is 17.8 Å². The Morgan fingerprint density at radius 3 is 2.44 bits per heavy atom. The van der Waals surface area contributed by atoms with Gasteiger partial charge in [-0.25, -0.2) is 0 Å². The van der Waals surface area contributed by atoms with Crippen molar-refractivity contribution in [2.24, 2.45) is 5.92 Å². The van der Waals surface area contributed by atoms with Gasteiger partial charge in [-0.1, -0.05) is 30.3 Å². The molecule has 1 atom stereocenters. The summed E-state index contributed by atoms with van der Waals surface area (Å²) in [5, 5.41) is 0. The lowest BCUT2D eigenvalue weighted by atomic mass is 9.90. The van der Waals surface area contributed by atoms with Crippen LogP contribution in [0.2, 0.25) is 0 Å². The van der Waals surface area contributed by atoms with Gasteiger partial charge in [-0.2, -0.15) is 0 Å². The molecule has 172 valence electrons. The zero-order valence-electron chi connectivity index (χ0n) is 18.0. The number of hydrogen-bond donors (Lipinski definition) is 0. The van der Waals surface area contributed by atoms with Gasteiger partial charge in [-0.05, 0) is 49.7 Å². The SMILES string of the molecule is CC(=O)N1Cc2ccccc2O[C@@H](C2CCN(Cc3ccc(OC(F)(F)F)cc3)CC2)C1. The van der Waals surface area contributed by atoms with E-state index in [1.807, 2.05) is 29.2 Å². The standard InChI is InChI=1S/C24H27F3N2O3/c1-17(30)29-15-20-4-2-3-5-22(20)31-23(16-29)19-10-12-28(13-11-19)14-18-6-8-21(9-7-18)32-24(25,26)27/h2-9,19,23H,10-16H2,1H3/t23-/m1/s1. The zero-order valence-corrected chi connectivity index (χ0v) is 18.0. The van der Waals surface area contributed by atoms with Crippen LogP contribution in [0.25, 0.3) is 0 Å². The Bertz CT molecular complexity index is 925. The van der Waals surface area contributed by atoms with Gasteiger partial charge >= 0.3 is 6.36 Å². The molecule has 0 unspecified atom stereocenters. The molecule has 0 spiro atoms. The average Bonchev–Trinajstić information content (AvgIpc) is 2.95. The van der Waals surface area contributed by atoms with E-state index in [0.717, 1.165) is 42.8 Å². The number of rotatable bonds is 4. The molecule has 0 saturated carbocycles. The highest BCUT2D eigenvalue weighted by atomic mass is 19.4. The summed E-state index contributed by atoms with van der Waals surface area (Å²) in [5.41, 5.74) is 1.97. The third kappa shape index (κ3) is 5.73. The molecule has 0 N–H and O–H groups in total. The van der Waals surface area contributed by atoms with Crippen LogP contribution in [0.3, 0.4) is 0 Å². The lowest BCUT2D eigenvalue weighted by Crippen LogP contribution is -2.44. The van der Waals surface area contributed by atoms with Crippen molar-refractivity contribution in [3.63, 3.8) is 0 Å². The summed E-state index contributed by atoms with van der Waals surface area (Å²) in [4.78, 5) is 16.3. The predicted octanol–water partition coefficient (Wildman–Crippen LogP) is 4.61. The number of fused-ring (bicyclic) bond motifs is 1. The fraction of sp³-hybridized carbons (Fsp3) is 0.458. The Morgan fingerprint density at radius 1 is 1.09 bits per heavy atom. The molecule has 4 rings (SSSR count). The van der Waals surface area contributed by atoms with Crippen molar-refractivity contribution in [2.75, 3.05) is 19.6 Å². The highest BCUT2D eigenvalue weighted by Crippen LogP contribution is 2.31. The molecule has 8 heteroatoms. The van der Waals surface area contributed by atoms with Crippen molar-refractivity contribution >= 4 is 5.91 Å². The van der Waals surface area contributed by atoms with E-state index < -0.39 is 6.36 Å². The van der Waals surface area contributed by atoms with E-state index in [2.05, 4.69) is 9.64 Å². The van der Waals surface area contributed by atoms with E-state index in [4.69, 9.17) is 4.74 Å². The third-order valence-electron chi connectivity index (χ3n) is 6.18. The zero-order chi connectivity index (χ0) is 22.7. The molecule has 5 nitrogen and oxygen atoms in total. The van der Waals surface area contributed by atoms with Crippen LogP contribution >= 0.6 is 0 Å². The Morgan fingerprint density at radius 2 is 1.78 bits per heavy atom. The lowest BCUT2D eigenvalue weighted by molar-refractivity contribution is -0.274. The van der Waals surface area contributed by atoms with Crippen LogP contribution in [0, 0.1) is 5.92 Å². The van der Waals surface area contributed by atoms with Gasteiger partial charge < -0.3 is 14.4 Å². The maximum absolute atomic E-state index is 12.3. The second-order valence-electron chi connectivity index (χ2n) is 8.47. The van der Waals surface area contributed by atoms with Gasteiger partial charge in [0.1, 0.15) is 17.6 Å². The minimum absolute atomic E-state index is 0.0469. The molecule has 1 saturated heterocycles. The number of alkyl halides is 3. The van der Waals surface area contributed by atoms with E-state index in [0.29, 0.717) is 25.6 Å². The number of amides is 1. The average molecular weight is 448 g/mol. The number of ether oxygens (including phenoxy) is 2. The van der Waals surface area contributed by atoms with Crippen LogP contribution in [0.5, 0.6) is 11.5 Å². The molecule has 0 aliphatic carbocycles. The maximum atomic E-state index is 12.3. The highest BCUT2D eigenvalue weighted by Gasteiger charge is 2.33. The summed E-state index contributed by atoms with van der Waals surface area (Å²) in [6.07, 6.45) is -2.85. The number of carbonyl (C=O) groups is 1. The lowest BCUT2D eigenvalue weighted by Gasteiger charge is -2.36. The first-order valence-corrected chi connectivity index (χ1v) is 10.8. The second kappa shape index (κ2) is 9.40. The van der Waals surface area contributed by atoms with Crippen LogP contribution in [0.15, 0.2) is 48.5 Å². The molecule has 32 heavy (non-hydrogen) atoms. The monoisotopic (exact) mass is 448 g/mol. The minimum atomic E-state index is -4.68.